The van der Waals surface area contributed by atoms with Gasteiger partial charge in [-0.2, -0.15) is 0 Å². The summed E-state index contributed by atoms with van der Waals surface area (Å²) < 4.78 is 12.2. The highest BCUT2D eigenvalue weighted by molar-refractivity contribution is 5.91. The summed E-state index contributed by atoms with van der Waals surface area (Å²) >= 11 is 0. The van der Waals surface area contributed by atoms with Gasteiger partial charge >= 0.3 is 0 Å². The number of hydrogen-bond acceptors (Lipinski definition) is 5. The number of benzene rings is 1. The third kappa shape index (κ3) is 2.79. The Kier molecular flexibility index (Phi) is 4.58. The average molecular weight is 453 g/mol. The maximum absolute atomic E-state index is 12.3. The number of aliphatic hydroxyl groups is 2. The Bertz CT molecular complexity index is 999. The summed E-state index contributed by atoms with van der Waals surface area (Å²) in [6.07, 6.45) is 5.76. The van der Waals surface area contributed by atoms with Gasteiger partial charge in [-0.25, -0.2) is 0 Å². The largest absolute Gasteiger partial charge is 0.457 e. The van der Waals surface area contributed by atoms with Gasteiger partial charge < -0.3 is 19.7 Å². The van der Waals surface area contributed by atoms with Gasteiger partial charge in [-0.1, -0.05) is 44.5 Å². The molecule has 33 heavy (non-hydrogen) atoms. The third-order valence-corrected chi connectivity index (χ3v) is 10.4. The van der Waals surface area contributed by atoms with E-state index in [4.69, 9.17) is 9.47 Å². The lowest BCUT2D eigenvalue weighted by Crippen LogP contribution is -2.65. The predicted molar refractivity (Wildman–Crippen MR) is 123 cm³/mol. The Morgan fingerprint density at radius 3 is 2.58 bits per heavy atom. The van der Waals surface area contributed by atoms with Gasteiger partial charge in [0.2, 0.25) is 0 Å². The predicted octanol–water partition coefficient (Wildman–Crippen LogP) is 4.27. The standard InChI is InChI=1S/C28H36O5/c1-17-13-20-21-10-12-27(31,28(16-32-28)33-19-7-5-4-6-8-19)26(21,3)15-23(30)24(20)25(2)11-9-18(29)14-22(17)25/h4-8,14,17,20-21,23-24,30-31H,9-13,15-16H2,1-3H3/t17-,20-,21-,23-,24+,25-,26-,27+,28?/m0/s1. The minimum atomic E-state index is -1.16. The molecule has 1 aromatic rings. The first-order valence-corrected chi connectivity index (χ1v) is 12.7. The van der Waals surface area contributed by atoms with Crippen LogP contribution in [0, 0.1) is 34.5 Å². The second kappa shape index (κ2) is 6.93. The Hall–Kier alpha value is -1.69. The van der Waals surface area contributed by atoms with Crippen molar-refractivity contribution in [1.82, 2.24) is 0 Å². The molecule has 2 N–H and O–H groups in total. The highest BCUT2D eigenvalue weighted by Gasteiger charge is 2.77. The van der Waals surface area contributed by atoms with E-state index in [-0.39, 0.29) is 23.0 Å². The zero-order valence-electron chi connectivity index (χ0n) is 19.9. The molecule has 5 nitrogen and oxygen atoms in total. The molecule has 3 saturated carbocycles. The van der Waals surface area contributed by atoms with Gasteiger partial charge in [0, 0.05) is 11.8 Å². The summed E-state index contributed by atoms with van der Waals surface area (Å²) in [5, 5.41) is 24.0. The Labute approximate surface area is 196 Å². The summed E-state index contributed by atoms with van der Waals surface area (Å²) in [5.41, 5.74) is -0.563. The van der Waals surface area contributed by atoms with Gasteiger partial charge in [-0.05, 0) is 79.4 Å². The minimum absolute atomic E-state index is 0.125. The van der Waals surface area contributed by atoms with E-state index in [2.05, 4.69) is 20.8 Å². The molecule has 5 aliphatic rings. The number of fused-ring (bicyclic) bond motifs is 5. The van der Waals surface area contributed by atoms with Crippen LogP contribution in [0.25, 0.3) is 0 Å². The van der Waals surface area contributed by atoms with E-state index in [0.29, 0.717) is 43.5 Å². The number of carbonyl (C=O) groups excluding carboxylic acids is 1. The van der Waals surface area contributed by atoms with Gasteiger partial charge in [0.1, 0.15) is 18.0 Å². The fourth-order valence-corrected chi connectivity index (χ4v) is 8.88. The molecule has 1 aliphatic heterocycles. The maximum Gasteiger partial charge on any atom is 0.264 e. The highest BCUT2D eigenvalue weighted by atomic mass is 16.8. The van der Waals surface area contributed by atoms with Crippen LogP contribution in [0.2, 0.25) is 0 Å². The molecule has 4 aliphatic carbocycles. The Morgan fingerprint density at radius 1 is 1.15 bits per heavy atom. The van der Waals surface area contributed by atoms with Crippen molar-refractivity contribution in [3.8, 4) is 5.75 Å². The average Bonchev–Trinajstić information content (AvgIpc) is 3.50. The molecule has 5 heteroatoms. The fourth-order valence-electron chi connectivity index (χ4n) is 8.88. The van der Waals surface area contributed by atoms with E-state index >= 15 is 0 Å². The molecule has 0 bridgehead atoms. The van der Waals surface area contributed by atoms with Crippen molar-refractivity contribution in [3.05, 3.63) is 42.0 Å². The van der Waals surface area contributed by atoms with Gasteiger partial charge in [-0.3, -0.25) is 4.79 Å². The summed E-state index contributed by atoms with van der Waals surface area (Å²) in [6, 6.07) is 9.59. The van der Waals surface area contributed by atoms with E-state index in [1.165, 1.54) is 5.57 Å². The molecule has 9 atom stereocenters. The summed E-state index contributed by atoms with van der Waals surface area (Å²) in [4.78, 5) is 12.2. The lowest BCUT2D eigenvalue weighted by atomic mass is 9.44. The van der Waals surface area contributed by atoms with Crippen LogP contribution in [0.5, 0.6) is 5.75 Å². The first kappa shape index (κ1) is 21.8. The van der Waals surface area contributed by atoms with Crippen LogP contribution in [0.15, 0.2) is 42.0 Å². The molecular weight excluding hydrogens is 416 g/mol. The quantitative estimate of drug-likeness (QED) is 0.670. The van der Waals surface area contributed by atoms with E-state index in [1.54, 1.807) is 0 Å². The van der Waals surface area contributed by atoms with Crippen molar-refractivity contribution >= 4 is 5.78 Å². The van der Waals surface area contributed by atoms with Gasteiger partial charge in [-0.15, -0.1) is 0 Å². The SMILES string of the molecule is C[C@H]1C[C@@H]2[C@H]([C@@H](O)C[C@@]3(C)[C@H]2CC[C@]3(O)C2(Oc3ccccc3)CO2)[C@@]2(C)CCC(=O)C=C12. The number of epoxide rings is 1. The number of ether oxygens (including phenoxy) is 2. The van der Waals surface area contributed by atoms with Crippen molar-refractivity contribution in [2.45, 2.75) is 76.8 Å². The maximum atomic E-state index is 12.3. The smallest absolute Gasteiger partial charge is 0.264 e. The van der Waals surface area contributed by atoms with Crippen molar-refractivity contribution in [2.75, 3.05) is 6.61 Å². The molecule has 0 aromatic heterocycles. The second-order valence-electron chi connectivity index (χ2n) is 12.0. The number of carbonyl (C=O) groups is 1. The van der Waals surface area contributed by atoms with Crippen LogP contribution in [-0.4, -0.2) is 40.1 Å². The first-order valence-electron chi connectivity index (χ1n) is 12.7. The normalized spacial score (nSPS) is 50.6. The molecule has 1 saturated heterocycles. The van der Waals surface area contributed by atoms with E-state index < -0.39 is 22.9 Å². The minimum Gasteiger partial charge on any atom is -0.457 e. The van der Waals surface area contributed by atoms with E-state index in [0.717, 1.165) is 19.3 Å². The molecule has 0 amide bonds. The number of hydrogen-bond donors (Lipinski definition) is 2. The van der Waals surface area contributed by atoms with E-state index in [1.807, 2.05) is 36.4 Å². The van der Waals surface area contributed by atoms with Gasteiger partial charge in [0.15, 0.2) is 5.78 Å². The van der Waals surface area contributed by atoms with E-state index in [9.17, 15) is 15.0 Å². The molecule has 4 fully saturated rings. The molecule has 1 aromatic carbocycles. The molecular formula is C28H36O5. The van der Waals surface area contributed by atoms with Crippen molar-refractivity contribution in [2.24, 2.45) is 34.5 Å². The van der Waals surface area contributed by atoms with Crippen LogP contribution < -0.4 is 4.74 Å². The molecule has 0 spiro atoms. The number of ketones is 1. The number of para-hydroxylation sites is 1. The number of rotatable bonds is 3. The first-order chi connectivity index (χ1) is 15.6. The molecule has 1 heterocycles. The third-order valence-electron chi connectivity index (χ3n) is 10.4. The summed E-state index contributed by atoms with van der Waals surface area (Å²) in [5.74, 6) is 0.918. The molecule has 178 valence electrons. The summed E-state index contributed by atoms with van der Waals surface area (Å²) in [7, 11) is 0. The molecule has 6 rings (SSSR count). The lowest BCUT2D eigenvalue weighted by Gasteiger charge is -2.62. The Balaban J connectivity index is 1.36. The molecule has 1 unspecified atom stereocenters. The topological polar surface area (TPSA) is 79.3 Å². The van der Waals surface area contributed by atoms with Gasteiger partial charge in [0.25, 0.3) is 5.79 Å². The van der Waals surface area contributed by atoms with Crippen LogP contribution in [-0.2, 0) is 9.53 Å². The van der Waals surface area contributed by atoms with Crippen LogP contribution in [0.4, 0.5) is 0 Å². The highest BCUT2D eigenvalue weighted by Crippen LogP contribution is 2.71. The number of allylic oxidation sites excluding steroid dienone is 1. The zero-order chi connectivity index (χ0) is 23.2. The van der Waals surface area contributed by atoms with Gasteiger partial charge in [0.05, 0.1) is 6.10 Å². The van der Waals surface area contributed by atoms with Crippen LogP contribution in [0.1, 0.15) is 59.3 Å². The van der Waals surface area contributed by atoms with Crippen LogP contribution in [0.3, 0.4) is 0 Å². The van der Waals surface area contributed by atoms with Crippen LogP contribution >= 0.6 is 0 Å². The van der Waals surface area contributed by atoms with Crippen molar-refractivity contribution in [3.63, 3.8) is 0 Å². The van der Waals surface area contributed by atoms with Crippen molar-refractivity contribution < 1.29 is 24.5 Å². The zero-order valence-corrected chi connectivity index (χ0v) is 19.9. The lowest BCUT2D eigenvalue weighted by molar-refractivity contribution is -0.227. The number of aliphatic hydroxyl groups excluding tert-OH is 1. The fraction of sp³-hybridized carbons (Fsp3) is 0.679. The second-order valence-corrected chi connectivity index (χ2v) is 12.0. The van der Waals surface area contributed by atoms with Crippen molar-refractivity contribution in [1.29, 1.82) is 0 Å². The molecule has 0 radical (unpaired) electrons. The Morgan fingerprint density at radius 2 is 1.88 bits per heavy atom. The summed E-state index contributed by atoms with van der Waals surface area (Å²) in [6.45, 7) is 7.04. The monoisotopic (exact) mass is 452 g/mol.